The normalized spacial score (nSPS) is 39.8. The predicted molar refractivity (Wildman–Crippen MR) is 141 cm³/mol. The molecule has 3 N–H and O–H groups in total. The van der Waals surface area contributed by atoms with E-state index in [9.17, 15) is 9.90 Å². The lowest BCUT2D eigenvalue weighted by molar-refractivity contribution is -0.00767. The maximum Gasteiger partial charge on any atom is 0.254 e. The van der Waals surface area contributed by atoms with Gasteiger partial charge < -0.3 is 15.7 Å². The summed E-state index contributed by atoms with van der Waals surface area (Å²) in [4.78, 5) is 18.8. The van der Waals surface area contributed by atoms with Crippen LogP contribution in [0.3, 0.4) is 0 Å². The van der Waals surface area contributed by atoms with Gasteiger partial charge in [0.15, 0.2) is 0 Å². The van der Waals surface area contributed by atoms with Crippen LogP contribution >= 0.6 is 0 Å². The van der Waals surface area contributed by atoms with Gasteiger partial charge in [-0.15, -0.1) is 0 Å². The molecule has 5 heteroatoms. The fraction of sp³-hybridized carbons (Fsp3) is 0.581. The number of carbonyl (C=O) groups excluding carboxylic acids is 1. The average Bonchev–Trinajstić information content (AvgIpc) is 3.54. The van der Waals surface area contributed by atoms with Crippen molar-refractivity contribution in [2.24, 2.45) is 34.8 Å². The van der Waals surface area contributed by atoms with E-state index in [0.717, 1.165) is 51.0 Å². The van der Waals surface area contributed by atoms with Crippen LogP contribution in [0.2, 0.25) is 0 Å². The molecule has 0 radical (unpaired) electrons. The number of nitrogens with zero attached hydrogens (tertiary/aromatic N) is 2. The molecule has 36 heavy (non-hydrogen) atoms. The van der Waals surface area contributed by atoms with Crippen LogP contribution in [-0.4, -0.2) is 59.1 Å². The van der Waals surface area contributed by atoms with E-state index in [2.05, 4.69) is 35.8 Å². The maximum absolute atomic E-state index is 13.8. The lowest BCUT2D eigenvalue weighted by Crippen LogP contribution is -2.60. The summed E-state index contributed by atoms with van der Waals surface area (Å²) in [6.45, 7) is 8.67. The largest absolute Gasteiger partial charge is 0.508 e. The van der Waals surface area contributed by atoms with Crippen molar-refractivity contribution in [2.45, 2.75) is 57.0 Å². The summed E-state index contributed by atoms with van der Waals surface area (Å²) in [6, 6.07) is 16.8. The molecule has 7 rings (SSSR count). The van der Waals surface area contributed by atoms with E-state index in [1.165, 1.54) is 17.5 Å². The minimum Gasteiger partial charge on any atom is -0.508 e. The van der Waals surface area contributed by atoms with Crippen LogP contribution < -0.4 is 5.73 Å². The van der Waals surface area contributed by atoms with Crippen LogP contribution in [0.5, 0.6) is 5.75 Å². The molecule has 2 saturated carbocycles. The molecule has 1 amide bonds. The summed E-state index contributed by atoms with van der Waals surface area (Å²) < 4.78 is 0. The van der Waals surface area contributed by atoms with Gasteiger partial charge >= 0.3 is 0 Å². The number of carbonyl (C=O) groups is 1. The Morgan fingerprint density at radius 3 is 2.72 bits per heavy atom. The molecule has 5 nitrogen and oxygen atoms in total. The lowest BCUT2D eigenvalue weighted by Gasteiger charge is -2.56. The summed E-state index contributed by atoms with van der Waals surface area (Å²) in [6.07, 6.45) is 4.31. The highest BCUT2D eigenvalue weighted by atomic mass is 16.3. The summed E-state index contributed by atoms with van der Waals surface area (Å²) in [5.41, 5.74) is 9.77. The average molecular weight is 486 g/mol. The van der Waals surface area contributed by atoms with Gasteiger partial charge in [-0.05, 0) is 103 Å². The molecule has 4 fully saturated rings. The summed E-state index contributed by atoms with van der Waals surface area (Å²) in [5, 5.41) is 10.7. The van der Waals surface area contributed by atoms with Crippen LogP contribution in [0, 0.1) is 29.1 Å². The van der Waals surface area contributed by atoms with Crippen molar-refractivity contribution < 1.29 is 9.90 Å². The summed E-state index contributed by atoms with van der Waals surface area (Å²) in [5.74, 6) is 2.75. The Morgan fingerprint density at radius 1 is 1.17 bits per heavy atom. The van der Waals surface area contributed by atoms with Gasteiger partial charge in [0.1, 0.15) is 5.75 Å². The highest BCUT2D eigenvalue weighted by Crippen LogP contribution is 2.79. The number of phenols is 1. The highest BCUT2D eigenvalue weighted by molar-refractivity contribution is 5.94. The number of rotatable bonds is 5. The first kappa shape index (κ1) is 22.8. The fourth-order valence-electron chi connectivity index (χ4n) is 10.7. The molecule has 2 aromatic carbocycles. The van der Waals surface area contributed by atoms with Gasteiger partial charge in [0.2, 0.25) is 0 Å². The van der Waals surface area contributed by atoms with E-state index in [1.807, 2.05) is 36.4 Å². The molecular weight excluding hydrogens is 446 g/mol. The summed E-state index contributed by atoms with van der Waals surface area (Å²) in [7, 11) is 0. The molecule has 2 aliphatic heterocycles. The Hall–Kier alpha value is -2.37. The third-order valence-corrected chi connectivity index (χ3v) is 11.2. The fourth-order valence-corrected chi connectivity index (χ4v) is 10.7. The van der Waals surface area contributed by atoms with Crippen LogP contribution in [0.4, 0.5) is 0 Å². The number of likely N-dealkylation sites (tertiary alicyclic amines) is 2. The molecule has 8 atom stereocenters. The molecule has 2 saturated heterocycles. The molecule has 2 heterocycles. The molecule has 3 aliphatic carbocycles. The van der Waals surface area contributed by atoms with Gasteiger partial charge in [0.05, 0.1) is 0 Å². The lowest BCUT2D eigenvalue weighted by atomic mass is 9.52. The monoisotopic (exact) mass is 485 g/mol. The number of piperidine rings is 1. The Bertz CT molecular complexity index is 1200. The third-order valence-electron chi connectivity index (χ3n) is 11.2. The predicted octanol–water partition coefficient (Wildman–Crippen LogP) is 4.04. The first-order chi connectivity index (χ1) is 17.5. The smallest absolute Gasteiger partial charge is 0.254 e. The second-order valence-electron chi connectivity index (χ2n) is 12.5. The minimum absolute atomic E-state index is 0.0188. The maximum atomic E-state index is 13.8. The van der Waals surface area contributed by atoms with E-state index in [-0.39, 0.29) is 22.8 Å². The molecule has 2 aromatic rings. The zero-order valence-corrected chi connectivity index (χ0v) is 21.6. The zero-order chi connectivity index (χ0) is 24.8. The second kappa shape index (κ2) is 7.82. The number of benzene rings is 2. The van der Waals surface area contributed by atoms with Crippen LogP contribution in [0.25, 0.3) is 0 Å². The topological polar surface area (TPSA) is 69.8 Å². The molecule has 5 aliphatic rings. The van der Waals surface area contributed by atoms with Crippen molar-refractivity contribution in [2.75, 3.05) is 26.2 Å². The Morgan fingerprint density at radius 2 is 1.97 bits per heavy atom. The van der Waals surface area contributed by atoms with Gasteiger partial charge in [0, 0.05) is 36.2 Å². The van der Waals surface area contributed by atoms with E-state index in [4.69, 9.17) is 5.73 Å². The van der Waals surface area contributed by atoms with Crippen molar-refractivity contribution in [3.05, 3.63) is 65.2 Å². The van der Waals surface area contributed by atoms with E-state index in [0.29, 0.717) is 35.5 Å². The Labute approximate surface area is 214 Å². The number of hydrogen-bond acceptors (Lipinski definition) is 4. The van der Waals surface area contributed by atoms with Crippen molar-refractivity contribution >= 4 is 5.91 Å². The number of phenolic OH excluding ortho intramolecular Hbond substituents is 1. The molecule has 4 bridgehead atoms. The first-order valence-corrected chi connectivity index (χ1v) is 14.1. The Kier molecular flexibility index (Phi) is 4.95. The highest BCUT2D eigenvalue weighted by Gasteiger charge is 2.81. The van der Waals surface area contributed by atoms with E-state index in [1.54, 1.807) is 0 Å². The van der Waals surface area contributed by atoms with Crippen molar-refractivity contribution in [3.8, 4) is 5.75 Å². The SMILES string of the molecule is CCC1C2[C@@H](CN1C(=O)c1ccccc1)CC1(C)C3C4Cc5ccc(O)cc5C21C4CN3CCCN. The third kappa shape index (κ3) is 2.61. The van der Waals surface area contributed by atoms with Crippen LogP contribution in [0.1, 0.15) is 54.6 Å². The Balaban J connectivity index is 1.37. The van der Waals surface area contributed by atoms with E-state index >= 15 is 0 Å². The van der Waals surface area contributed by atoms with Crippen molar-refractivity contribution in [1.29, 1.82) is 0 Å². The molecular formula is C31H39N3O2. The number of fused-ring (bicyclic) bond motifs is 3. The van der Waals surface area contributed by atoms with Crippen molar-refractivity contribution in [3.63, 3.8) is 0 Å². The molecule has 190 valence electrons. The van der Waals surface area contributed by atoms with E-state index < -0.39 is 0 Å². The number of hydrogen-bond donors (Lipinski definition) is 2. The number of amides is 1. The zero-order valence-electron chi connectivity index (χ0n) is 21.6. The second-order valence-corrected chi connectivity index (χ2v) is 12.5. The van der Waals surface area contributed by atoms with Gasteiger partial charge in [-0.1, -0.05) is 38.1 Å². The van der Waals surface area contributed by atoms with Gasteiger partial charge in [-0.25, -0.2) is 0 Å². The molecule has 7 unspecified atom stereocenters. The number of aromatic hydroxyl groups is 1. The van der Waals surface area contributed by atoms with Crippen LogP contribution in [-0.2, 0) is 11.8 Å². The molecule has 1 spiro atoms. The minimum atomic E-state index is 0.0188. The summed E-state index contributed by atoms with van der Waals surface area (Å²) >= 11 is 0. The standard InChI is InChI=1S/C31H39N3O2/c1-3-26-27-21(17-34(26)29(36)19-8-5-4-6-9-19)16-30(2)28-23-14-20-10-11-22(35)15-24(20)31(27,30)25(23)18-33(28)13-7-12-32/h4-6,8-11,15,21,23,25-28,35H,3,7,12-14,16-18,32H2,1-2H3/t21-,23?,25?,26?,27?,28?,30?,31?/m1/s1. The van der Waals surface area contributed by atoms with Gasteiger partial charge in [-0.3, -0.25) is 9.69 Å². The first-order valence-electron chi connectivity index (χ1n) is 14.1. The van der Waals surface area contributed by atoms with Crippen molar-refractivity contribution in [1.82, 2.24) is 9.80 Å². The molecule has 0 aromatic heterocycles. The quantitative estimate of drug-likeness (QED) is 0.671. The van der Waals surface area contributed by atoms with Gasteiger partial charge in [-0.2, -0.15) is 0 Å². The van der Waals surface area contributed by atoms with Crippen LogP contribution in [0.15, 0.2) is 48.5 Å². The number of nitrogens with two attached hydrogens (primary N) is 1. The van der Waals surface area contributed by atoms with Gasteiger partial charge in [0.25, 0.3) is 5.91 Å².